The predicted molar refractivity (Wildman–Crippen MR) is 71.2 cm³/mol. The number of aryl methyl sites for hydroxylation is 1. The van der Waals surface area contributed by atoms with Gasteiger partial charge in [0.1, 0.15) is 0 Å². The first-order chi connectivity index (χ1) is 9.74. The van der Waals surface area contributed by atoms with Crippen molar-refractivity contribution < 1.29 is 9.32 Å². The smallest absolute Gasteiger partial charge is 0.292 e. The molecule has 0 aliphatic carbocycles. The van der Waals surface area contributed by atoms with Gasteiger partial charge in [0.15, 0.2) is 0 Å². The van der Waals surface area contributed by atoms with E-state index in [2.05, 4.69) is 15.1 Å². The third kappa shape index (κ3) is 2.54. The van der Waals surface area contributed by atoms with Crippen molar-refractivity contribution in [2.75, 3.05) is 13.1 Å². The van der Waals surface area contributed by atoms with Gasteiger partial charge < -0.3 is 9.42 Å². The second kappa shape index (κ2) is 5.40. The Bertz CT molecular complexity index is 597. The Morgan fingerprint density at radius 1 is 1.45 bits per heavy atom. The largest absolute Gasteiger partial charge is 0.351 e. The van der Waals surface area contributed by atoms with Gasteiger partial charge in [0.25, 0.3) is 5.91 Å². The van der Waals surface area contributed by atoms with Gasteiger partial charge in [-0.3, -0.25) is 14.8 Å². The van der Waals surface area contributed by atoms with Gasteiger partial charge in [-0.15, -0.1) is 0 Å². The number of hydrogen-bond acceptors (Lipinski definition) is 5. The summed E-state index contributed by atoms with van der Waals surface area (Å²) in [5.41, 5.74) is 1.86. The fourth-order valence-corrected chi connectivity index (χ4v) is 2.56. The molecule has 104 valence electrons. The van der Waals surface area contributed by atoms with Crippen LogP contribution in [0.2, 0.25) is 0 Å². The van der Waals surface area contributed by atoms with Crippen LogP contribution in [-0.4, -0.2) is 39.0 Å². The molecule has 1 fully saturated rings. The second-order valence-corrected chi connectivity index (χ2v) is 5.05. The number of aromatic nitrogens is 3. The Morgan fingerprint density at radius 3 is 3.10 bits per heavy atom. The molecule has 3 heterocycles. The molecule has 1 aliphatic rings. The Balaban J connectivity index is 1.75. The molecule has 1 atom stereocenters. The van der Waals surface area contributed by atoms with Crippen LogP contribution in [0.5, 0.6) is 0 Å². The molecule has 0 spiro atoms. The van der Waals surface area contributed by atoms with E-state index in [4.69, 9.17) is 4.52 Å². The monoisotopic (exact) mass is 272 g/mol. The summed E-state index contributed by atoms with van der Waals surface area (Å²) in [4.78, 5) is 22.8. The highest BCUT2D eigenvalue weighted by Gasteiger charge is 2.27. The Kier molecular flexibility index (Phi) is 3.45. The van der Waals surface area contributed by atoms with Crippen molar-refractivity contribution in [2.24, 2.45) is 0 Å². The molecule has 1 unspecified atom stereocenters. The van der Waals surface area contributed by atoms with Gasteiger partial charge in [-0.1, -0.05) is 5.16 Å². The van der Waals surface area contributed by atoms with Gasteiger partial charge in [-0.2, -0.15) is 0 Å². The topological polar surface area (TPSA) is 72.1 Å². The van der Waals surface area contributed by atoms with Crippen molar-refractivity contribution in [3.63, 3.8) is 0 Å². The molecule has 0 saturated carbocycles. The molecule has 6 nitrogen and oxygen atoms in total. The third-order valence-corrected chi connectivity index (χ3v) is 3.55. The van der Waals surface area contributed by atoms with Gasteiger partial charge in [0, 0.05) is 37.5 Å². The number of nitrogens with zero attached hydrogens (tertiary/aromatic N) is 4. The molecule has 0 N–H and O–H groups in total. The van der Waals surface area contributed by atoms with Crippen LogP contribution in [-0.2, 0) is 0 Å². The Morgan fingerprint density at radius 2 is 2.35 bits per heavy atom. The molecule has 1 amide bonds. The summed E-state index contributed by atoms with van der Waals surface area (Å²) >= 11 is 0. The normalized spacial score (nSPS) is 19.1. The van der Waals surface area contributed by atoms with E-state index in [1.54, 1.807) is 23.4 Å². The van der Waals surface area contributed by atoms with E-state index >= 15 is 0 Å². The van der Waals surface area contributed by atoms with Crippen LogP contribution in [0.3, 0.4) is 0 Å². The van der Waals surface area contributed by atoms with Crippen molar-refractivity contribution in [3.05, 3.63) is 41.8 Å². The number of carbonyl (C=O) groups is 1. The fourth-order valence-electron chi connectivity index (χ4n) is 2.56. The maximum Gasteiger partial charge on any atom is 0.292 e. The lowest BCUT2D eigenvalue weighted by atomic mass is 9.95. The van der Waals surface area contributed by atoms with E-state index in [-0.39, 0.29) is 11.8 Å². The summed E-state index contributed by atoms with van der Waals surface area (Å²) in [5.74, 6) is 0.428. The Hall–Kier alpha value is -2.24. The van der Waals surface area contributed by atoms with Crippen LogP contribution in [0.1, 0.15) is 40.7 Å². The molecular weight excluding hydrogens is 256 g/mol. The van der Waals surface area contributed by atoms with Gasteiger partial charge in [0.05, 0.1) is 17.6 Å². The summed E-state index contributed by atoms with van der Waals surface area (Å²) < 4.78 is 4.94. The molecule has 3 rings (SSSR count). The molecule has 20 heavy (non-hydrogen) atoms. The lowest BCUT2D eigenvalue weighted by Gasteiger charge is -2.31. The maximum atomic E-state index is 12.3. The molecule has 1 saturated heterocycles. The van der Waals surface area contributed by atoms with Gasteiger partial charge in [-0.05, 0) is 19.8 Å². The molecule has 0 radical (unpaired) electrons. The first-order valence-electron chi connectivity index (χ1n) is 6.72. The summed E-state index contributed by atoms with van der Waals surface area (Å²) in [6.45, 7) is 3.32. The van der Waals surface area contributed by atoms with E-state index in [1.165, 1.54) is 6.20 Å². The van der Waals surface area contributed by atoms with Crippen molar-refractivity contribution in [2.45, 2.75) is 25.7 Å². The van der Waals surface area contributed by atoms with Crippen molar-refractivity contribution in [3.8, 4) is 0 Å². The van der Waals surface area contributed by atoms with Gasteiger partial charge in [-0.25, -0.2) is 0 Å². The number of amides is 1. The average molecular weight is 272 g/mol. The van der Waals surface area contributed by atoms with Crippen molar-refractivity contribution in [1.82, 2.24) is 20.0 Å². The zero-order valence-electron chi connectivity index (χ0n) is 11.3. The number of carbonyl (C=O) groups excluding carboxylic acids is 1. The third-order valence-electron chi connectivity index (χ3n) is 3.55. The SMILES string of the molecule is Cc1cncc(C2CCCN(C(=O)c3ccno3)C2)n1. The van der Waals surface area contributed by atoms with E-state index in [0.717, 1.165) is 30.8 Å². The molecule has 2 aromatic heterocycles. The van der Waals surface area contributed by atoms with E-state index < -0.39 is 0 Å². The molecular formula is C14H16N4O2. The number of hydrogen-bond donors (Lipinski definition) is 0. The highest BCUT2D eigenvalue weighted by Crippen LogP contribution is 2.26. The maximum absolute atomic E-state index is 12.3. The van der Waals surface area contributed by atoms with Crippen LogP contribution in [0, 0.1) is 6.92 Å². The van der Waals surface area contributed by atoms with Crippen LogP contribution >= 0.6 is 0 Å². The quantitative estimate of drug-likeness (QED) is 0.833. The standard InChI is InChI=1S/C14H16N4O2/c1-10-7-15-8-12(17-10)11-3-2-6-18(9-11)14(19)13-4-5-16-20-13/h4-5,7-8,11H,2-3,6,9H2,1H3. The average Bonchev–Trinajstić information content (AvgIpc) is 3.01. The van der Waals surface area contributed by atoms with Crippen LogP contribution in [0.4, 0.5) is 0 Å². The highest BCUT2D eigenvalue weighted by atomic mass is 16.5. The summed E-state index contributed by atoms with van der Waals surface area (Å²) in [6.07, 6.45) is 7.00. The minimum absolute atomic E-state index is 0.104. The summed E-state index contributed by atoms with van der Waals surface area (Å²) in [7, 11) is 0. The van der Waals surface area contributed by atoms with Crippen molar-refractivity contribution in [1.29, 1.82) is 0 Å². The minimum atomic E-state index is -0.104. The van der Waals surface area contributed by atoms with E-state index in [0.29, 0.717) is 12.3 Å². The predicted octanol–water partition coefficient (Wildman–Crippen LogP) is 1.79. The lowest BCUT2D eigenvalue weighted by molar-refractivity contribution is 0.0663. The van der Waals surface area contributed by atoms with E-state index in [9.17, 15) is 4.79 Å². The lowest BCUT2D eigenvalue weighted by Crippen LogP contribution is -2.39. The summed E-state index contributed by atoms with van der Waals surface area (Å²) in [6, 6.07) is 1.60. The number of likely N-dealkylation sites (tertiary alicyclic amines) is 1. The van der Waals surface area contributed by atoms with Crippen LogP contribution in [0.15, 0.2) is 29.2 Å². The first-order valence-corrected chi connectivity index (χ1v) is 6.72. The highest BCUT2D eigenvalue weighted by molar-refractivity contribution is 5.91. The molecule has 0 bridgehead atoms. The molecule has 2 aromatic rings. The van der Waals surface area contributed by atoms with Crippen molar-refractivity contribution >= 4 is 5.91 Å². The van der Waals surface area contributed by atoms with Crippen LogP contribution < -0.4 is 0 Å². The van der Waals surface area contributed by atoms with E-state index in [1.807, 2.05) is 6.92 Å². The first kappa shape index (κ1) is 12.8. The molecule has 0 aromatic carbocycles. The zero-order chi connectivity index (χ0) is 13.9. The molecule has 6 heteroatoms. The fraction of sp³-hybridized carbons (Fsp3) is 0.429. The number of piperidine rings is 1. The zero-order valence-corrected chi connectivity index (χ0v) is 11.3. The Labute approximate surface area is 116 Å². The number of rotatable bonds is 2. The second-order valence-electron chi connectivity index (χ2n) is 5.05. The van der Waals surface area contributed by atoms with Gasteiger partial charge in [0.2, 0.25) is 5.76 Å². The summed E-state index contributed by atoms with van der Waals surface area (Å²) in [5, 5.41) is 3.58. The molecule has 1 aliphatic heterocycles. The minimum Gasteiger partial charge on any atom is -0.351 e. The van der Waals surface area contributed by atoms with Gasteiger partial charge >= 0.3 is 0 Å². The van der Waals surface area contributed by atoms with Crippen LogP contribution in [0.25, 0.3) is 0 Å².